The molecule has 2 aliphatic heterocycles. The number of hydrogen-bond acceptors (Lipinski definition) is 5. The highest BCUT2D eigenvalue weighted by Crippen LogP contribution is 2.23. The van der Waals surface area contributed by atoms with Gasteiger partial charge in [-0.05, 0) is 37.5 Å². The molecule has 2 aliphatic rings. The molecule has 0 unspecified atom stereocenters. The topological polar surface area (TPSA) is 99.3 Å². The number of carbonyl (C=O) groups is 2. The molecule has 0 saturated carbocycles. The maximum Gasteiger partial charge on any atom is 0.409 e. The Labute approximate surface area is 192 Å². The predicted molar refractivity (Wildman–Crippen MR) is 117 cm³/mol. The van der Waals surface area contributed by atoms with Crippen molar-refractivity contribution in [1.82, 2.24) is 18.8 Å². The fourth-order valence-corrected chi connectivity index (χ4v) is 5.75. The Hall–Kier alpha value is -1.95. The van der Waals surface area contributed by atoms with Crippen LogP contribution in [0.4, 0.5) is 9.18 Å². The van der Waals surface area contributed by atoms with E-state index < -0.39 is 28.0 Å². The summed E-state index contributed by atoms with van der Waals surface area (Å²) >= 11 is 6.00. The normalized spacial score (nSPS) is 20.7. The Balaban J connectivity index is 1.55. The van der Waals surface area contributed by atoms with E-state index in [9.17, 15) is 22.4 Å². The third-order valence-corrected chi connectivity index (χ3v) is 7.99. The Bertz CT molecular complexity index is 940. The van der Waals surface area contributed by atoms with E-state index >= 15 is 0 Å². The third-order valence-electron chi connectivity index (χ3n) is 5.64. The van der Waals surface area contributed by atoms with E-state index in [4.69, 9.17) is 16.3 Å². The molecule has 0 bridgehead atoms. The SMILES string of the molecule is CCOC(=O)N1CCN(S(=O)(=O)N2CCC[C@H](C(=O)NCc3ccc(F)cc3Cl)C2)CC1. The van der Waals surface area contributed by atoms with Crippen molar-refractivity contribution < 1.29 is 27.1 Å². The summed E-state index contributed by atoms with van der Waals surface area (Å²) in [6.07, 6.45) is 0.698. The molecule has 9 nitrogen and oxygen atoms in total. The number of nitrogens with one attached hydrogen (secondary N) is 1. The molecular formula is C20H28ClFN4O5S. The van der Waals surface area contributed by atoms with Crippen molar-refractivity contribution in [3.05, 3.63) is 34.6 Å². The summed E-state index contributed by atoms with van der Waals surface area (Å²) in [6, 6.07) is 3.95. The van der Waals surface area contributed by atoms with Gasteiger partial charge in [0.15, 0.2) is 0 Å². The monoisotopic (exact) mass is 490 g/mol. The van der Waals surface area contributed by atoms with Gasteiger partial charge in [-0.3, -0.25) is 4.79 Å². The van der Waals surface area contributed by atoms with Crippen LogP contribution in [0.3, 0.4) is 0 Å². The number of hydrogen-bond donors (Lipinski definition) is 1. The summed E-state index contributed by atoms with van der Waals surface area (Å²) in [7, 11) is -3.75. The van der Waals surface area contributed by atoms with Crippen LogP contribution in [0, 0.1) is 11.7 Å². The third kappa shape index (κ3) is 5.89. The fourth-order valence-electron chi connectivity index (χ4n) is 3.84. The molecule has 0 radical (unpaired) electrons. The summed E-state index contributed by atoms with van der Waals surface area (Å²) in [5.41, 5.74) is 0.584. The predicted octanol–water partition coefficient (Wildman–Crippen LogP) is 1.83. The lowest BCUT2D eigenvalue weighted by molar-refractivity contribution is -0.126. The minimum atomic E-state index is -3.75. The second-order valence-corrected chi connectivity index (χ2v) is 10.1. The second kappa shape index (κ2) is 10.8. The van der Waals surface area contributed by atoms with Gasteiger partial charge in [-0.25, -0.2) is 9.18 Å². The standard InChI is InChI=1S/C20H28ClFN4O5S/c1-2-31-20(28)24-8-10-25(11-9-24)32(29,30)26-7-3-4-16(14-26)19(27)23-13-15-5-6-17(22)12-18(15)21/h5-6,12,16H,2-4,7-11,13-14H2,1H3,(H,23,27)/t16-/m0/s1. The first-order chi connectivity index (χ1) is 15.2. The van der Waals surface area contributed by atoms with E-state index in [0.717, 1.165) is 0 Å². The molecule has 1 aromatic carbocycles. The lowest BCUT2D eigenvalue weighted by Gasteiger charge is -2.38. The number of ether oxygens (including phenoxy) is 1. The van der Waals surface area contributed by atoms with Gasteiger partial charge >= 0.3 is 6.09 Å². The van der Waals surface area contributed by atoms with Crippen molar-refractivity contribution in [2.45, 2.75) is 26.3 Å². The molecule has 2 amide bonds. The van der Waals surface area contributed by atoms with Crippen molar-refractivity contribution in [3.8, 4) is 0 Å². The van der Waals surface area contributed by atoms with E-state index in [2.05, 4.69) is 5.32 Å². The molecular weight excluding hydrogens is 463 g/mol. The quantitative estimate of drug-likeness (QED) is 0.655. The van der Waals surface area contributed by atoms with E-state index in [1.54, 1.807) is 6.92 Å². The van der Waals surface area contributed by atoms with Gasteiger partial charge in [-0.1, -0.05) is 17.7 Å². The minimum absolute atomic E-state index is 0.0867. The molecule has 0 spiro atoms. The highest BCUT2D eigenvalue weighted by Gasteiger charge is 2.37. The van der Waals surface area contributed by atoms with Crippen LogP contribution in [0.2, 0.25) is 5.02 Å². The van der Waals surface area contributed by atoms with Crippen molar-refractivity contribution >= 4 is 33.8 Å². The van der Waals surface area contributed by atoms with E-state index in [0.29, 0.717) is 24.9 Å². The molecule has 2 saturated heterocycles. The average Bonchev–Trinajstić information content (AvgIpc) is 2.78. The fraction of sp³-hybridized carbons (Fsp3) is 0.600. The van der Waals surface area contributed by atoms with E-state index in [1.807, 2.05) is 0 Å². The van der Waals surface area contributed by atoms with Gasteiger partial charge in [0.05, 0.1) is 12.5 Å². The number of carbonyl (C=O) groups excluding carboxylic acids is 2. The number of amides is 2. The zero-order chi connectivity index (χ0) is 23.3. The van der Waals surface area contributed by atoms with Crippen LogP contribution in [0.5, 0.6) is 0 Å². The van der Waals surface area contributed by atoms with Crippen LogP contribution in [0.25, 0.3) is 0 Å². The molecule has 0 aliphatic carbocycles. The number of halogens is 2. The minimum Gasteiger partial charge on any atom is -0.450 e. The van der Waals surface area contributed by atoms with Gasteiger partial charge in [0.25, 0.3) is 10.2 Å². The van der Waals surface area contributed by atoms with Gasteiger partial charge in [0.2, 0.25) is 5.91 Å². The molecule has 2 heterocycles. The smallest absolute Gasteiger partial charge is 0.409 e. The van der Waals surface area contributed by atoms with Crippen molar-refractivity contribution in [1.29, 1.82) is 0 Å². The summed E-state index contributed by atoms with van der Waals surface area (Å²) in [6.45, 7) is 3.42. The molecule has 1 atom stereocenters. The number of nitrogens with zero attached hydrogens (tertiary/aromatic N) is 3. The van der Waals surface area contributed by atoms with Crippen LogP contribution >= 0.6 is 11.6 Å². The molecule has 3 rings (SSSR count). The highest BCUT2D eigenvalue weighted by molar-refractivity contribution is 7.86. The van der Waals surface area contributed by atoms with Gasteiger partial charge < -0.3 is 15.0 Å². The molecule has 0 aromatic heterocycles. The van der Waals surface area contributed by atoms with Crippen LogP contribution in [-0.4, -0.2) is 79.8 Å². The van der Waals surface area contributed by atoms with Crippen LogP contribution in [0.1, 0.15) is 25.3 Å². The maximum absolute atomic E-state index is 13.2. The number of piperazine rings is 1. The summed E-state index contributed by atoms with van der Waals surface area (Å²) < 4.78 is 47.0. The maximum atomic E-state index is 13.2. The lowest BCUT2D eigenvalue weighted by atomic mass is 9.99. The summed E-state index contributed by atoms with van der Waals surface area (Å²) in [5, 5.41) is 2.99. The van der Waals surface area contributed by atoms with Gasteiger partial charge in [0.1, 0.15) is 5.82 Å². The van der Waals surface area contributed by atoms with Crippen LogP contribution in [0.15, 0.2) is 18.2 Å². The molecule has 12 heteroatoms. The molecule has 1 N–H and O–H groups in total. The first-order valence-electron chi connectivity index (χ1n) is 10.6. The number of rotatable bonds is 6. The zero-order valence-corrected chi connectivity index (χ0v) is 19.5. The molecule has 32 heavy (non-hydrogen) atoms. The van der Waals surface area contributed by atoms with E-state index in [-0.39, 0.29) is 56.8 Å². The Morgan fingerprint density at radius 2 is 1.91 bits per heavy atom. The molecule has 1 aromatic rings. The zero-order valence-electron chi connectivity index (χ0n) is 17.9. The number of piperidine rings is 1. The Morgan fingerprint density at radius 3 is 2.56 bits per heavy atom. The highest BCUT2D eigenvalue weighted by atomic mass is 35.5. The lowest BCUT2D eigenvalue weighted by Crippen LogP contribution is -2.56. The Kier molecular flexibility index (Phi) is 8.32. The second-order valence-electron chi connectivity index (χ2n) is 7.74. The summed E-state index contributed by atoms with van der Waals surface area (Å²) in [5.74, 6) is -1.21. The Morgan fingerprint density at radius 1 is 1.19 bits per heavy atom. The van der Waals surface area contributed by atoms with Crippen molar-refractivity contribution in [3.63, 3.8) is 0 Å². The first kappa shape index (κ1) is 24.7. The largest absolute Gasteiger partial charge is 0.450 e. The van der Waals surface area contributed by atoms with Crippen LogP contribution < -0.4 is 5.32 Å². The molecule has 178 valence electrons. The van der Waals surface area contributed by atoms with Crippen LogP contribution in [-0.2, 0) is 26.3 Å². The first-order valence-corrected chi connectivity index (χ1v) is 12.4. The number of benzene rings is 1. The summed E-state index contributed by atoms with van der Waals surface area (Å²) in [4.78, 5) is 26.0. The van der Waals surface area contributed by atoms with Gasteiger partial charge in [0, 0.05) is 50.8 Å². The molecule has 2 fully saturated rings. The average molecular weight is 491 g/mol. The van der Waals surface area contributed by atoms with Crippen molar-refractivity contribution in [2.75, 3.05) is 45.9 Å². The van der Waals surface area contributed by atoms with Gasteiger partial charge in [-0.15, -0.1) is 0 Å². The van der Waals surface area contributed by atoms with Crippen molar-refractivity contribution in [2.24, 2.45) is 5.92 Å². The van der Waals surface area contributed by atoms with E-state index in [1.165, 1.54) is 31.7 Å². The van der Waals surface area contributed by atoms with Gasteiger partial charge in [-0.2, -0.15) is 17.0 Å².